The molecule has 0 spiro atoms. The van der Waals surface area contributed by atoms with Crippen LogP contribution in [0.1, 0.15) is 19.4 Å². The standard InChI is InChI=1S/C13H16F3NO2/c1-3-17(4-2)12(18)9-19-11-7-5-10(6-8-11)13(14,15)16/h5-8H,3-4,9H2,1-2H3. The number of ether oxygens (including phenoxy) is 1. The third-order valence-electron chi connectivity index (χ3n) is 2.66. The minimum absolute atomic E-state index is 0.174. The molecule has 3 nitrogen and oxygen atoms in total. The lowest BCUT2D eigenvalue weighted by Gasteiger charge is -2.18. The Morgan fingerprint density at radius 1 is 1.16 bits per heavy atom. The Labute approximate surface area is 110 Å². The van der Waals surface area contributed by atoms with Crippen molar-refractivity contribution >= 4 is 5.91 Å². The topological polar surface area (TPSA) is 29.5 Å². The molecule has 0 aromatic heterocycles. The summed E-state index contributed by atoms with van der Waals surface area (Å²) in [5.74, 6) is 0.0541. The molecule has 1 rings (SSSR count). The van der Waals surface area contributed by atoms with Gasteiger partial charge < -0.3 is 9.64 Å². The summed E-state index contributed by atoms with van der Waals surface area (Å²) in [6, 6.07) is 4.27. The molecule has 0 unspecified atom stereocenters. The molecule has 1 aromatic carbocycles. The van der Waals surface area contributed by atoms with Gasteiger partial charge in [0.25, 0.3) is 5.91 Å². The molecule has 106 valence electrons. The van der Waals surface area contributed by atoms with Crippen molar-refractivity contribution in [3.8, 4) is 5.75 Å². The monoisotopic (exact) mass is 275 g/mol. The van der Waals surface area contributed by atoms with Crippen molar-refractivity contribution < 1.29 is 22.7 Å². The maximum Gasteiger partial charge on any atom is 0.416 e. The van der Waals surface area contributed by atoms with Crippen LogP contribution in [0.25, 0.3) is 0 Å². The first-order valence-electron chi connectivity index (χ1n) is 5.96. The Kier molecular flexibility index (Phi) is 5.20. The molecule has 0 aliphatic heterocycles. The maximum atomic E-state index is 12.3. The third-order valence-corrected chi connectivity index (χ3v) is 2.66. The number of hydrogen-bond acceptors (Lipinski definition) is 2. The van der Waals surface area contributed by atoms with Gasteiger partial charge in [0.15, 0.2) is 6.61 Å². The quantitative estimate of drug-likeness (QED) is 0.827. The molecule has 1 aromatic rings. The number of halogens is 3. The van der Waals surface area contributed by atoms with Gasteiger partial charge in [-0.2, -0.15) is 13.2 Å². The van der Waals surface area contributed by atoms with Crippen LogP contribution in [0.5, 0.6) is 5.75 Å². The van der Waals surface area contributed by atoms with E-state index in [0.717, 1.165) is 12.1 Å². The Bertz CT molecular complexity index is 411. The second-order valence-electron chi connectivity index (χ2n) is 3.88. The smallest absolute Gasteiger partial charge is 0.416 e. The first-order chi connectivity index (χ1) is 8.88. The van der Waals surface area contributed by atoms with Crippen LogP contribution >= 0.6 is 0 Å². The normalized spacial score (nSPS) is 11.2. The van der Waals surface area contributed by atoms with Gasteiger partial charge >= 0.3 is 6.18 Å². The highest BCUT2D eigenvalue weighted by Gasteiger charge is 2.30. The van der Waals surface area contributed by atoms with Crippen molar-refractivity contribution in [3.63, 3.8) is 0 Å². The van der Waals surface area contributed by atoms with E-state index in [1.54, 1.807) is 4.90 Å². The maximum absolute atomic E-state index is 12.3. The van der Waals surface area contributed by atoms with E-state index in [2.05, 4.69) is 0 Å². The SMILES string of the molecule is CCN(CC)C(=O)COc1ccc(C(F)(F)F)cc1. The number of carbonyl (C=O) groups is 1. The molecule has 0 bridgehead atoms. The number of nitrogens with zero attached hydrogens (tertiary/aromatic N) is 1. The number of likely N-dealkylation sites (N-methyl/N-ethyl adjacent to an activating group) is 1. The third kappa shape index (κ3) is 4.46. The fraction of sp³-hybridized carbons (Fsp3) is 0.462. The van der Waals surface area contributed by atoms with Gasteiger partial charge in [0.1, 0.15) is 5.75 Å². The Balaban J connectivity index is 2.57. The molecule has 0 atom stereocenters. The minimum Gasteiger partial charge on any atom is -0.484 e. The molecular formula is C13H16F3NO2. The molecule has 0 saturated carbocycles. The van der Waals surface area contributed by atoms with Crippen LogP contribution in [0.2, 0.25) is 0 Å². The zero-order valence-electron chi connectivity index (χ0n) is 10.8. The van der Waals surface area contributed by atoms with Crippen molar-refractivity contribution in [2.75, 3.05) is 19.7 Å². The lowest BCUT2D eigenvalue weighted by atomic mass is 10.2. The van der Waals surface area contributed by atoms with E-state index >= 15 is 0 Å². The van der Waals surface area contributed by atoms with E-state index in [4.69, 9.17) is 4.74 Å². The zero-order chi connectivity index (χ0) is 14.5. The van der Waals surface area contributed by atoms with E-state index in [1.807, 2.05) is 13.8 Å². The average Bonchev–Trinajstić information content (AvgIpc) is 2.37. The number of hydrogen-bond donors (Lipinski definition) is 0. The Morgan fingerprint density at radius 2 is 1.68 bits per heavy atom. The molecule has 19 heavy (non-hydrogen) atoms. The average molecular weight is 275 g/mol. The Hall–Kier alpha value is -1.72. The fourth-order valence-electron chi connectivity index (χ4n) is 1.55. The summed E-state index contributed by atoms with van der Waals surface area (Å²) in [7, 11) is 0. The van der Waals surface area contributed by atoms with E-state index in [-0.39, 0.29) is 18.3 Å². The molecule has 0 aliphatic carbocycles. The van der Waals surface area contributed by atoms with Crippen LogP contribution in [0, 0.1) is 0 Å². The summed E-state index contributed by atoms with van der Waals surface area (Å²) in [6.07, 6.45) is -4.37. The van der Waals surface area contributed by atoms with Crippen molar-refractivity contribution in [2.24, 2.45) is 0 Å². The summed E-state index contributed by atoms with van der Waals surface area (Å²) in [5.41, 5.74) is -0.741. The van der Waals surface area contributed by atoms with E-state index < -0.39 is 11.7 Å². The molecule has 0 saturated heterocycles. The van der Waals surface area contributed by atoms with Gasteiger partial charge in [-0.3, -0.25) is 4.79 Å². The van der Waals surface area contributed by atoms with E-state index in [1.165, 1.54) is 12.1 Å². The second-order valence-corrected chi connectivity index (χ2v) is 3.88. The number of alkyl halides is 3. The molecule has 0 fully saturated rings. The number of benzene rings is 1. The van der Waals surface area contributed by atoms with Gasteiger partial charge in [-0.25, -0.2) is 0 Å². The predicted molar refractivity (Wildman–Crippen MR) is 64.9 cm³/mol. The Morgan fingerprint density at radius 3 is 2.11 bits per heavy atom. The van der Waals surface area contributed by atoms with Crippen LogP contribution in [-0.2, 0) is 11.0 Å². The number of carbonyl (C=O) groups excluding carboxylic acids is 1. The second kappa shape index (κ2) is 6.45. The van der Waals surface area contributed by atoms with Crippen LogP contribution in [0.3, 0.4) is 0 Å². The van der Waals surface area contributed by atoms with Gasteiger partial charge in [0.2, 0.25) is 0 Å². The number of rotatable bonds is 5. The largest absolute Gasteiger partial charge is 0.484 e. The van der Waals surface area contributed by atoms with E-state index in [0.29, 0.717) is 13.1 Å². The summed E-state index contributed by atoms with van der Waals surface area (Å²) in [4.78, 5) is 13.2. The molecule has 0 heterocycles. The highest BCUT2D eigenvalue weighted by atomic mass is 19.4. The van der Waals surface area contributed by atoms with Crippen molar-refractivity contribution in [1.29, 1.82) is 0 Å². The van der Waals surface area contributed by atoms with Crippen LogP contribution in [0.4, 0.5) is 13.2 Å². The van der Waals surface area contributed by atoms with Gasteiger partial charge in [-0.05, 0) is 38.1 Å². The lowest BCUT2D eigenvalue weighted by Crippen LogP contribution is -2.34. The van der Waals surface area contributed by atoms with E-state index in [9.17, 15) is 18.0 Å². The molecule has 0 aliphatic rings. The molecule has 6 heteroatoms. The lowest BCUT2D eigenvalue weighted by molar-refractivity contribution is -0.137. The fourth-order valence-corrected chi connectivity index (χ4v) is 1.55. The first kappa shape index (κ1) is 15.3. The van der Waals surface area contributed by atoms with Crippen LogP contribution in [-0.4, -0.2) is 30.5 Å². The zero-order valence-corrected chi connectivity index (χ0v) is 10.8. The predicted octanol–water partition coefficient (Wildman–Crippen LogP) is 2.95. The summed E-state index contributed by atoms with van der Waals surface area (Å²) in [5, 5.41) is 0. The molecule has 0 N–H and O–H groups in total. The highest BCUT2D eigenvalue weighted by Crippen LogP contribution is 2.30. The van der Waals surface area contributed by atoms with Gasteiger partial charge in [0.05, 0.1) is 5.56 Å². The minimum atomic E-state index is -4.37. The van der Waals surface area contributed by atoms with Crippen molar-refractivity contribution in [3.05, 3.63) is 29.8 Å². The molecular weight excluding hydrogens is 259 g/mol. The van der Waals surface area contributed by atoms with Crippen LogP contribution in [0.15, 0.2) is 24.3 Å². The molecule has 1 amide bonds. The van der Waals surface area contributed by atoms with Crippen molar-refractivity contribution in [2.45, 2.75) is 20.0 Å². The summed E-state index contributed by atoms with van der Waals surface area (Å²) >= 11 is 0. The van der Waals surface area contributed by atoms with Crippen LogP contribution < -0.4 is 4.74 Å². The number of amides is 1. The highest BCUT2D eigenvalue weighted by molar-refractivity contribution is 5.77. The van der Waals surface area contributed by atoms with Crippen molar-refractivity contribution in [1.82, 2.24) is 4.90 Å². The van der Waals surface area contributed by atoms with Gasteiger partial charge in [-0.15, -0.1) is 0 Å². The first-order valence-corrected chi connectivity index (χ1v) is 5.96. The summed E-state index contributed by atoms with van der Waals surface area (Å²) in [6.45, 7) is 4.67. The van der Waals surface area contributed by atoms with Gasteiger partial charge in [0, 0.05) is 13.1 Å². The van der Waals surface area contributed by atoms with Gasteiger partial charge in [-0.1, -0.05) is 0 Å². The molecule has 0 radical (unpaired) electrons. The summed E-state index contributed by atoms with van der Waals surface area (Å²) < 4.78 is 42.1.